The lowest BCUT2D eigenvalue weighted by Crippen LogP contribution is -2.28. The van der Waals surface area contributed by atoms with Gasteiger partial charge in [-0.2, -0.15) is 10.2 Å². The molecule has 0 fully saturated rings. The van der Waals surface area contributed by atoms with E-state index in [9.17, 15) is 4.79 Å². The molecule has 102 valence electrons. The first-order valence-electron chi connectivity index (χ1n) is 6.13. The van der Waals surface area contributed by atoms with Gasteiger partial charge in [-0.25, -0.2) is 0 Å². The van der Waals surface area contributed by atoms with E-state index in [1.807, 2.05) is 17.7 Å². The molecule has 0 unspecified atom stereocenters. The molecule has 0 saturated heterocycles. The maximum atomic E-state index is 11.9. The summed E-state index contributed by atoms with van der Waals surface area (Å²) in [5, 5.41) is 10.9. The summed E-state index contributed by atoms with van der Waals surface area (Å²) in [6.07, 6.45) is 4.05. The van der Waals surface area contributed by atoms with Crippen molar-refractivity contribution in [3.63, 3.8) is 0 Å². The minimum absolute atomic E-state index is 0.199. The molecular formula is C12H18N6O. The third kappa shape index (κ3) is 2.93. The predicted octanol–water partition coefficient (Wildman–Crippen LogP) is 0.327. The van der Waals surface area contributed by atoms with E-state index in [2.05, 4.69) is 15.5 Å². The molecule has 2 aromatic rings. The van der Waals surface area contributed by atoms with Crippen LogP contribution in [-0.2, 0) is 13.6 Å². The van der Waals surface area contributed by atoms with Crippen LogP contribution in [0.2, 0.25) is 0 Å². The Kier molecular flexibility index (Phi) is 3.84. The second-order valence-corrected chi connectivity index (χ2v) is 4.38. The fourth-order valence-corrected chi connectivity index (χ4v) is 1.88. The number of nitrogens with one attached hydrogen (secondary N) is 1. The first-order valence-corrected chi connectivity index (χ1v) is 6.13. The summed E-state index contributed by atoms with van der Waals surface area (Å²) < 4.78 is 3.38. The summed E-state index contributed by atoms with van der Waals surface area (Å²) in [6.45, 7) is 3.35. The maximum Gasteiger partial charge on any atom is 0.271 e. The molecule has 0 bridgehead atoms. The molecule has 19 heavy (non-hydrogen) atoms. The van der Waals surface area contributed by atoms with Crippen LogP contribution in [0.25, 0.3) is 0 Å². The number of nitrogens with zero attached hydrogens (tertiary/aromatic N) is 4. The van der Waals surface area contributed by atoms with Crippen LogP contribution in [0.3, 0.4) is 0 Å². The molecule has 3 N–H and O–H groups in total. The van der Waals surface area contributed by atoms with Crippen LogP contribution >= 0.6 is 0 Å². The molecule has 0 spiro atoms. The quantitative estimate of drug-likeness (QED) is 0.760. The van der Waals surface area contributed by atoms with E-state index < -0.39 is 0 Å². The Morgan fingerprint density at radius 3 is 2.84 bits per heavy atom. The Morgan fingerprint density at radius 1 is 1.47 bits per heavy atom. The second kappa shape index (κ2) is 5.55. The molecule has 0 aliphatic carbocycles. The monoisotopic (exact) mass is 262 g/mol. The molecule has 2 aromatic heterocycles. The van der Waals surface area contributed by atoms with Crippen LogP contribution in [-0.4, -0.2) is 32.0 Å². The fourth-order valence-electron chi connectivity index (χ4n) is 1.88. The third-order valence-corrected chi connectivity index (χ3v) is 2.94. The highest BCUT2D eigenvalue weighted by atomic mass is 16.2. The Labute approximate surface area is 111 Å². The third-order valence-electron chi connectivity index (χ3n) is 2.94. The highest BCUT2D eigenvalue weighted by Gasteiger charge is 2.13. The van der Waals surface area contributed by atoms with Crippen molar-refractivity contribution in [3.05, 3.63) is 29.8 Å². The van der Waals surface area contributed by atoms with Gasteiger partial charge in [-0.3, -0.25) is 14.2 Å². The van der Waals surface area contributed by atoms with Gasteiger partial charge in [-0.1, -0.05) is 0 Å². The molecule has 2 rings (SSSR count). The van der Waals surface area contributed by atoms with Gasteiger partial charge < -0.3 is 11.1 Å². The Bertz CT molecular complexity index is 551. The van der Waals surface area contributed by atoms with E-state index in [4.69, 9.17) is 5.73 Å². The smallest absolute Gasteiger partial charge is 0.271 e. The molecular weight excluding hydrogens is 244 g/mol. The summed E-state index contributed by atoms with van der Waals surface area (Å²) in [6, 6.07) is 1.95. The van der Waals surface area contributed by atoms with Crippen LogP contribution < -0.4 is 11.1 Å². The van der Waals surface area contributed by atoms with Gasteiger partial charge in [0.15, 0.2) is 0 Å². The highest BCUT2D eigenvalue weighted by Crippen LogP contribution is 2.08. The molecule has 0 aromatic carbocycles. The van der Waals surface area contributed by atoms with Gasteiger partial charge in [0.05, 0.1) is 11.9 Å². The fraction of sp³-hybridized carbons (Fsp3) is 0.417. The molecule has 2 heterocycles. The zero-order valence-electron chi connectivity index (χ0n) is 11.1. The number of aromatic nitrogens is 4. The van der Waals surface area contributed by atoms with E-state index in [0.717, 1.165) is 18.7 Å². The number of anilines is 1. The largest absolute Gasteiger partial charge is 0.396 e. The van der Waals surface area contributed by atoms with Gasteiger partial charge in [0.25, 0.3) is 5.91 Å². The van der Waals surface area contributed by atoms with Gasteiger partial charge in [0, 0.05) is 32.0 Å². The summed E-state index contributed by atoms with van der Waals surface area (Å²) >= 11 is 0. The van der Waals surface area contributed by atoms with Crippen molar-refractivity contribution in [1.82, 2.24) is 24.9 Å². The molecule has 1 amide bonds. The second-order valence-electron chi connectivity index (χ2n) is 4.38. The highest BCUT2D eigenvalue weighted by molar-refractivity contribution is 5.97. The number of rotatable bonds is 5. The number of carbonyl (C=O) groups is 1. The molecule has 0 aliphatic rings. The Hall–Kier alpha value is -2.31. The van der Waals surface area contributed by atoms with Crippen LogP contribution in [0.15, 0.2) is 18.5 Å². The van der Waals surface area contributed by atoms with E-state index in [0.29, 0.717) is 17.9 Å². The number of nitrogen functional groups attached to an aromatic ring is 1. The van der Waals surface area contributed by atoms with Gasteiger partial charge in [0.2, 0.25) is 0 Å². The molecule has 7 heteroatoms. The van der Waals surface area contributed by atoms with Crippen molar-refractivity contribution in [2.24, 2.45) is 7.05 Å². The van der Waals surface area contributed by atoms with Crippen molar-refractivity contribution >= 4 is 11.6 Å². The minimum atomic E-state index is -0.199. The molecule has 7 nitrogen and oxygen atoms in total. The number of hydrogen-bond donors (Lipinski definition) is 2. The van der Waals surface area contributed by atoms with Crippen LogP contribution in [0.5, 0.6) is 0 Å². The van der Waals surface area contributed by atoms with Crippen molar-refractivity contribution in [3.8, 4) is 0 Å². The van der Waals surface area contributed by atoms with Crippen molar-refractivity contribution in [1.29, 1.82) is 0 Å². The number of amides is 1. The summed E-state index contributed by atoms with van der Waals surface area (Å²) in [5.74, 6) is -0.199. The zero-order valence-corrected chi connectivity index (χ0v) is 11.1. The van der Waals surface area contributed by atoms with Crippen molar-refractivity contribution in [2.45, 2.75) is 19.9 Å². The standard InChI is InChI=1S/C12H18N6O/c1-9-4-6-15-18(9)7-3-5-14-12(19)11-10(13)8-16-17(11)2/h4,6,8H,3,5,7,13H2,1-2H3,(H,14,19). The molecule has 0 aliphatic heterocycles. The van der Waals surface area contributed by atoms with Gasteiger partial charge >= 0.3 is 0 Å². The lowest BCUT2D eigenvalue weighted by Gasteiger charge is -2.07. The summed E-state index contributed by atoms with van der Waals surface area (Å²) in [4.78, 5) is 11.9. The molecule has 0 saturated carbocycles. The lowest BCUT2D eigenvalue weighted by atomic mass is 10.3. The first-order chi connectivity index (χ1) is 9.09. The maximum absolute atomic E-state index is 11.9. The minimum Gasteiger partial charge on any atom is -0.396 e. The zero-order chi connectivity index (χ0) is 13.8. The van der Waals surface area contributed by atoms with Gasteiger partial charge in [0.1, 0.15) is 5.69 Å². The summed E-state index contributed by atoms with van der Waals surface area (Å²) in [5.41, 5.74) is 7.59. The SMILES string of the molecule is Cc1ccnn1CCCNC(=O)c1c(N)cnn1C. The predicted molar refractivity (Wildman–Crippen MR) is 71.5 cm³/mol. The summed E-state index contributed by atoms with van der Waals surface area (Å²) in [7, 11) is 1.69. The van der Waals surface area contributed by atoms with E-state index in [1.54, 1.807) is 13.2 Å². The average molecular weight is 262 g/mol. The Morgan fingerprint density at radius 2 is 2.26 bits per heavy atom. The molecule has 0 atom stereocenters. The normalized spacial score (nSPS) is 10.6. The van der Waals surface area contributed by atoms with E-state index in [1.165, 1.54) is 10.9 Å². The lowest BCUT2D eigenvalue weighted by molar-refractivity contribution is 0.0944. The van der Waals surface area contributed by atoms with Gasteiger partial charge in [-0.15, -0.1) is 0 Å². The molecule has 0 radical (unpaired) electrons. The van der Waals surface area contributed by atoms with E-state index in [-0.39, 0.29) is 5.91 Å². The average Bonchev–Trinajstić information content (AvgIpc) is 2.92. The van der Waals surface area contributed by atoms with E-state index >= 15 is 0 Å². The van der Waals surface area contributed by atoms with Crippen LogP contribution in [0.1, 0.15) is 22.6 Å². The number of nitrogens with two attached hydrogens (primary N) is 1. The van der Waals surface area contributed by atoms with Crippen LogP contribution in [0.4, 0.5) is 5.69 Å². The Balaban J connectivity index is 1.80. The van der Waals surface area contributed by atoms with Crippen molar-refractivity contribution < 1.29 is 4.79 Å². The van der Waals surface area contributed by atoms with Gasteiger partial charge in [-0.05, 0) is 19.4 Å². The number of hydrogen-bond acceptors (Lipinski definition) is 4. The number of carbonyl (C=O) groups excluding carboxylic acids is 1. The topological polar surface area (TPSA) is 90.8 Å². The number of aryl methyl sites for hydroxylation is 3. The first kappa shape index (κ1) is 13.1. The van der Waals surface area contributed by atoms with Crippen LogP contribution in [0, 0.1) is 6.92 Å². The van der Waals surface area contributed by atoms with Crippen molar-refractivity contribution in [2.75, 3.05) is 12.3 Å².